The maximum Gasteiger partial charge on any atom is 0.460 e. The third-order valence-electron chi connectivity index (χ3n) is 2.94. The second kappa shape index (κ2) is 6.60. The van der Waals surface area contributed by atoms with E-state index in [-0.39, 0.29) is 12.1 Å². The Morgan fingerprint density at radius 1 is 0.957 bits per heavy atom. The quantitative estimate of drug-likeness (QED) is 0.491. The third-order valence-corrected chi connectivity index (χ3v) is 2.94. The van der Waals surface area contributed by atoms with E-state index in [0.717, 1.165) is 0 Å². The fourth-order valence-corrected chi connectivity index (χ4v) is 1.51. The molecule has 1 amide bonds. The van der Waals surface area contributed by atoms with Gasteiger partial charge in [0, 0.05) is 25.1 Å². The van der Waals surface area contributed by atoms with Crippen molar-refractivity contribution >= 4 is 5.91 Å². The summed E-state index contributed by atoms with van der Waals surface area (Å²) in [5.41, 5.74) is -0.137. The smallest absolute Gasteiger partial charge is 0.339 e. The zero-order chi connectivity index (χ0) is 18.9. The van der Waals surface area contributed by atoms with Gasteiger partial charge in [0.2, 0.25) is 5.91 Å². The van der Waals surface area contributed by atoms with Gasteiger partial charge in [0.05, 0.1) is 0 Å². The van der Waals surface area contributed by atoms with Crippen LogP contribution in [-0.4, -0.2) is 47.8 Å². The fraction of sp³-hybridized carbons (Fsp3) is 0.750. The van der Waals surface area contributed by atoms with Crippen LogP contribution in [0.25, 0.3) is 0 Å². The van der Waals surface area contributed by atoms with E-state index in [0.29, 0.717) is 4.90 Å². The standard InChI is InChI=1S/C12H14F9NO/c1-4-22(8(23)7(2)3)6-5-9(13,14)10(15,16)11(17,18)12(19,20)21/h2,4-6H2,1,3H3. The molecule has 136 valence electrons. The van der Waals surface area contributed by atoms with E-state index in [2.05, 4.69) is 6.58 Å². The minimum atomic E-state index is -6.92. The molecule has 0 saturated carbocycles. The molecule has 2 nitrogen and oxygen atoms in total. The molecule has 11 heteroatoms. The molecule has 0 unspecified atom stereocenters. The first-order chi connectivity index (χ1) is 10.0. The van der Waals surface area contributed by atoms with Gasteiger partial charge >= 0.3 is 23.9 Å². The highest BCUT2D eigenvalue weighted by Gasteiger charge is 2.81. The molecule has 0 fully saturated rings. The average molecular weight is 359 g/mol. The van der Waals surface area contributed by atoms with Crippen molar-refractivity contribution in [1.82, 2.24) is 4.90 Å². The van der Waals surface area contributed by atoms with Crippen molar-refractivity contribution in [1.29, 1.82) is 0 Å². The number of hydrogen-bond donors (Lipinski definition) is 0. The largest absolute Gasteiger partial charge is 0.460 e. The zero-order valence-corrected chi connectivity index (χ0v) is 12.1. The van der Waals surface area contributed by atoms with Gasteiger partial charge in [-0.1, -0.05) is 6.58 Å². The molecule has 0 aliphatic carbocycles. The van der Waals surface area contributed by atoms with E-state index < -0.39 is 42.8 Å². The maximum atomic E-state index is 13.3. The van der Waals surface area contributed by atoms with Crippen molar-refractivity contribution in [3.05, 3.63) is 12.2 Å². The Hall–Kier alpha value is -1.42. The van der Waals surface area contributed by atoms with E-state index in [1.165, 1.54) is 13.8 Å². The zero-order valence-electron chi connectivity index (χ0n) is 12.1. The van der Waals surface area contributed by atoms with Crippen molar-refractivity contribution < 1.29 is 44.3 Å². The number of nitrogens with zero attached hydrogens (tertiary/aromatic N) is 1. The van der Waals surface area contributed by atoms with E-state index in [1.807, 2.05) is 0 Å². The van der Waals surface area contributed by atoms with Crippen LogP contribution in [0, 0.1) is 0 Å². The monoisotopic (exact) mass is 359 g/mol. The second-order valence-corrected chi connectivity index (χ2v) is 4.77. The van der Waals surface area contributed by atoms with Gasteiger partial charge in [-0.25, -0.2) is 0 Å². The lowest BCUT2D eigenvalue weighted by Crippen LogP contribution is -2.61. The molecular formula is C12H14F9NO. The van der Waals surface area contributed by atoms with Gasteiger partial charge < -0.3 is 4.90 Å². The normalized spacial score (nSPS) is 13.9. The molecule has 23 heavy (non-hydrogen) atoms. The van der Waals surface area contributed by atoms with Gasteiger partial charge in [-0.15, -0.1) is 0 Å². The van der Waals surface area contributed by atoms with Gasteiger partial charge in [0.15, 0.2) is 0 Å². The molecule has 0 aromatic carbocycles. The summed E-state index contributed by atoms with van der Waals surface area (Å²) in [4.78, 5) is 12.0. The molecule has 0 radical (unpaired) electrons. The highest BCUT2D eigenvalue weighted by atomic mass is 19.4. The van der Waals surface area contributed by atoms with E-state index in [1.54, 1.807) is 0 Å². The van der Waals surface area contributed by atoms with Crippen molar-refractivity contribution in [2.24, 2.45) is 0 Å². The summed E-state index contributed by atoms with van der Waals surface area (Å²) in [6, 6.07) is 0. The molecule has 0 aliphatic rings. The Labute approximate surface area is 125 Å². The predicted octanol–water partition coefficient (Wildman–Crippen LogP) is 4.27. The molecule has 0 aliphatic heterocycles. The summed E-state index contributed by atoms with van der Waals surface area (Å²) in [6.07, 6.45) is -8.92. The molecule has 0 aromatic rings. The van der Waals surface area contributed by atoms with Crippen LogP contribution >= 0.6 is 0 Å². The lowest BCUT2D eigenvalue weighted by molar-refractivity contribution is -0.396. The topological polar surface area (TPSA) is 20.3 Å². The number of halogens is 9. The lowest BCUT2D eigenvalue weighted by Gasteiger charge is -2.34. The van der Waals surface area contributed by atoms with Crippen molar-refractivity contribution in [3.8, 4) is 0 Å². The number of alkyl halides is 9. The second-order valence-electron chi connectivity index (χ2n) is 4.77. The van der Waals surface area contributed by atoms with Crippen molar-refractivity contribution in [2.75, 3.05) is 13.1 Å². The molecule has 0 saturated heterocycles. The molecule has 0 aromatic heterocycles. The summed E-state index contributed by atoms with van der Waals surface area (Å²) in [6.45, 7) is 4.28. The Morgan fingerprint density at radius 2 is 1.39 bits per heavy atom. The van der Waals surface area contributed by atoms with E-state index in [9.17, 15) is 44.3 Å². The molecule has 0 N–H and O–H groups in total. The van der Waals surface area contributed by atoms with Crippen LogP contribution in [0.4, 0.5) is 39.5 Å². The van der Waals surface area contributed by atoms with Crippen LogP contribution in [0.15, 0.2) is 12.2 Å². The van der Waals surface area contributed by atoms with Crippen LogP contribution in [-0.2, 0) is 4.79 Å². The Morgan fingerprint density at radius 3 is 1.70 bits per heavy atom. The maximum absolute atomic E-state index is 13.3. The number of carbonyl (C=O) groups excluding carboxylic acids is 1. The number of carbonyl (C=O) groups is 1. The highest BCUT2D eigenvalue weighted by molar-refractivity contribution is 5.92. The van der Waals surface area contributed by atoms with Crippen molar-refractivity contribution in [2.45, 2.75) is 44.2 Å². The summed E-state index contributed by atoms with van der Waals surface area (Å²) >= 11 is 0. The third kappa shape index (κ3) is 4.11. The minimum absolute atomic E-state index is 0.137. The summed E-state index contributed by atoms with van der Waals surface area (Å²) in [7, 11) is 0. The first-order valence-electron chi connectivity index (χ1n) is 6.18. The van der Waals surface area contributed by atoms with Crippen LogP contribution in [0.5, 0.6) is 0 Å². The molecule has 0 rings (SSSR count). The number of hydrogen-bond acceptors (Lipinski definition) is 1. The molecule has 0 heterocycles. The average Bonchev–Trinajstić information content (AvgIpc) is 2.37. The van der Waals surface area contributed by atoms with Crippen LogP contribution in [0.2, 0.25) is 0 Å². The van der Waals surface area contributed by atoms with Gasteiger partial charge in [-0.3, -0.25) is 4.79 Å². The lowest BCUT2D eigenvalue weighted by atomic mass is 10.0. The first kappa shape index (κ1) is 21.6. The van der Waals surface area contributed by atoms with Gasteiger partial charge in [0.1, 0.15) is 0 Å². The summed E-state index contributed by atoms with van der Waals surface area (Å²) in [5.74, 6) is -20.2. The van der Waals surface area contributed by atoms with E-state index in [4.69, 9.17) is 0 Å². The van der Waals surface area contributed by atoms with Crippen LogP contribution in [0.1, 0.15) is 20.3 Å². The molecule has 0 atom stereocenters. The van der Waals surface area contributed by atoms with Crippen molar-refractivity contribution in [3.63, 3.8) is 0 Å². The first-order valence-corrected chi connectivity index (χ1v) is 6.18. The van der Waals surface area contributed by atoms with Gasteiger partial charge in [-0.05, 0) is 13.8 Å². The minimum Gasteiger partial charge on any atom is -0.339 e. The summed E-state index contributed by atoms with van der Waals surface area (Å²) < 4.78 is 114. The van der Waals surface area contributed by atoms with E-state index >= 15 is 0 Å². The highest BCUT2D eigenvalue weighted by Crippen LogP contribution is 2.53. The number of likely N-dealkylation sites (N-methyl/N-ethyl adjacent to an activating group) is 1. The molecular weight excluding hydrogens is 345 g/mol. The molecule has 0 spiro atoms. The Kier molecular flexibility index (Phi) is 6.19. The Bertz CT molecular complexity index is 456. The Balaban J connectivity index is 5.33. The van der Waals surface area contributed by atoms with Gasteiger partial charge in [-0.2, -0.15) is 39.5 Å². The summed E-state index contributed by atoms with van der Waals surface area (Å²) in [5, 5.41) is 0. The molecule has 0 bridgehead atoms. The SMILES string of the molecule is C=C(C)C(=O)N(CC)CCC(F)(F)C(F)(F)C(F)(F)C(F)(F)F. The van der Waals surface area contributed by atoms with Gasteiger partial charge in [0.25, 0.3) is 0 Å². The van der Waals surface area contributed by atoms with Crippen LogP contribution in [0.3, 0.4) is 0 Å². The van der Waals surface area contributed by atoms with Crippen LogP contribution < -0.4 is 0 Å². The predicted molar refractivity (Wildman–Crippen MR) is 62.6 cm³/mol. The number of amides is 1. The number of rotatable bonds is 7. The fourth-order valence-electron chi connectivity index (χ4n) is 1.51.